The van der Waals surface area contributed by atoms with Gasteiger partial charge in [-0.25, -0.2) is 0 Å². The minimum absolute atomic E-state index is 0. The first-order valence-corrected chi connectivity index (χ1v) is 68.2. The van der Waals surface area contributed by atoms with Gasteiger partial charge in [0.1, 0.15) is 0 Å². The Labute approximate surface area is 903 Å². The van der Waals surface area contributed by atoms with Crippen molar-refractivity contribution in [3.63, 3.8) is 0 Å². The summed E-state index contributed by atoms with van der Waals surface area (Å²) >= 11 is 0. The predicted octanol–water partition coefficient (Wildman–Crippen LogP) is 46.7. The van der Waals surface area contributed by atoms with E-state index in [0.29, 0.717) is 0 Å². The van der Waals surface area contributed by atoms with Gasteiger partial charge < -0.3 is 67.9 Å². The molecule has 0 aliphatic heterocycles. The van der Waals surface area contributed by atoms with Crippen molar-refractivity contribution in [3.05, 3.63) is 0 Å². The summed E-state index contributed by atoms with van der Waals surface area (Å²) in [4.78, 5) is 0. The Morgan fingerprint density at radius 3 is 0.184 bits per heavy atom. The van der Waals surface area contributed by atoms with Crippen LogP contribution < -0.4 is 0 Å². The first-order chi connectivity index (χ1) is 69.2. The van der Waals surface area contributed by atoms with E-state index in [1.54, 1.807) is 0 Å². The molecule has 856 valence electrons. The molecule has 21 heteroatoms. The van der Waals surface area contributed by atoms with Gasteiger partial charge in [-0.3, -0.25) is 0 Å². The third kappa shape index (κ3) is 148. The summed E-state index contributed by atoms with van der Waals surface area (Å²) in [6.07, 6.45) is 116. The van der Waals surface area contributed by atoms with Crippen LogP contribution >= 0.6 is 43.0 Å². The van der Waals surface area contributed by atoms with Gasteiger partial charge in [0, 0.05) is 17.4 Å². The zero-order valence-corrected chi connectivity index (χ0v) is 104. The minimum Gasteiger partial charge on any atom is -0.312 e. The van der Waals surface area contributed by atoms with Crippen LogP contribution in [0.2, 0.25) is 0 Å². The number of hydrogen-bond donors (Lipinski definition) is 0. The molecule has 0 aromatic carbocycles. The molecule has 0 aromatic rings. The Balaban J connectivity index is -0.000000403. The fourth-order valence-electron chi connectivity index (χ4n) is 15.9. The van der Waals surface area contributed by atoms with Crippen molar-refractivity contribution in [2.75, 3.05) is 99.1 Å². The van der Waals surface area contributed by atoms with Crippen LogP contribution in [0, 0.1) is 0 Å². The molecule has 0 saturated carbocycles. The number of hydrogen-bond acceptors (Lipinski definition) is 15. The molecule has 0 saturated heterocycles. The maximum atomic E-state index is 5.96. The summed E-state index contributed by atoms with van der Waals surface area (Å²) in [6, 6.07) is 0. The molecule has 0 unspecified atom stereocenters. The molecule has 0 fully saturated rings. The van der Waals surface area contributed by atoms with Crippen LogP contribution in [0.5, 0.6) is 0 Å². The summed E-state index contributed by atoms with van der Waals surface area (Å²) in [6.45, 7) is 45.7. The van der Waals surface area contributed by atoms with E-state index in [9.17, 15) is 0 Å². The molecule has 141 heavy (non-hydrogen) atoms. The Hall–Kier alpha value is 2.08. The molecular weight excluding hydrogens is 1890 g/mol. The first-order valence-electron chi connectivity index (χ1n) is 62.7. The molecule has 0 amide bonds. The maximum absolute atomic E-state index is 5.96. The summed E-state index contributed by atoms with van der Waals surface area (Å²) in [5.41, 5.74) is 0. The van der Waals surface area contributed by atoms with Crippen molar-refractivity contribution in [2.24, 2.45) is 0 Å². The average Bonchev–Trinajstić information content (AvgIpc) is 1.01. The maximum Gasteiger partial charge on any atom is 0.332 e. The number of rotatable bonds is 120. The van der Waals surface area contributed by atoms with E-state index in [1.807, 2.05) is 0 Å². The molecule has 0 atom stereocenters. The van der Waals surface area contributed by atoms with E-state index in [2.05, 4.69) is 104 Å². The standard InChI is InChI=1S/5C24H51O3P.Cr/c5*1-4-7-10-13-16-19-22-25-28(26-23-20-17-14-11-8-5-2)27-24-21-18-15-12-9-6-3;/h5*4-24H2,1-3H3;. The van der Waals surface area contributed by atoms with Crippen LogP contribution in [0.1, 0.15) is 682 Å². The van der Waals surface area contributed by atoms with Crippen molar-refractivity contribution in [2.45, 2.75) is 682 Å². The topological polar surface area (TPSA) is 138 Å². The second kappa shape index (κ2) is 150. The average molecular weight is 2150 g/mol. The van der Waals surface area contributed by atoms with E-state index >= 15 is 0 Å². The molecule has 0 radical (unpaired) electrons. The van der Waals surface area contributed by atoms with Crippen LogP contribution in [-0.4, -0.2) is 99.1 Å². The summed E-state index contributed by atoms with van der Waals surface area (Å²) in [5, 5.41) is 0. The Morgan fingerprint density at radius 1 is 0.0780 bits per heavy atom. The van der Waals surface area contributed by atoms with Gasteiger partial charge in [-0.15, -0.1) is 0 Å². The molecular formula is C120H255CrO15P5. The SMILES string of the molecule is CCCCCCCCOP(OCCCCCCCC)OCCCCCCCC.CCCCCCCCOP(OCCCCCCCC)OCCCCCCCC.CCCCCCCCOP(OCCCCCCCC)OCCCCCCCC.CCCCCCCCOP(OCCCCCCCC)OCCCCCCCC.CCCCCCCCOP(OCCCCCCCC)OCCCCCCCC.[Cr]. The second-order valence-corrected chi connectivity index (χ2v) is 46.2. The molecule has 0 N–H and O–H groups in total. The third-order valence-corrected chi connectivity index (χ3v) is 31.3. The van der Waals surface area contributed by atoms with Crippen LogP contribution in [0.3, 0.4) is 0 Å². The third-order valence-electron chi connectivity index (χ3n) is 25.4. The van der Waals surface area contributed by atoms with Gasteiger partial charge in [0.05, 0.1) is 99.1 Å². The van der Waals surface area contributed by atoms with Crippen LogP contribution in [0.25, 0.3) is 0 Å². The van der Waals surface area contributed by atoms with Gasteiger partial charge in [-0.05, 0) is 96.3 Å². The van der Waals surface area contributed by atoms with Gasteiger partial charge in [0.15, 0.2) is 0 Å². The van der Waals surface area contributed by atoms with E-state index in [-0.39, 0.29) is 17.4 Å². The Bertz CT molecular complexity index is 1490. The second-order valence-electron chi connectivity index (χ2n) is 40.1. The molecule has 0 bridgehead atoms. The van der Waals surface area contributed by atoms with Gasteiger partial charge in [-0.1, -0.05) is 585 Å². The van der Waals surface area contributed by atoms with Gasteiger partial charge in [0.2, 0.25) is 0 Å². The molecule has 0 heterocycles. The summed E-state index contributed by atoms with van der Waals surface area (Å²) in [5.74, 6) is 0. The molecule has 0 aromatic heterocycles. The normalized spacial score (nSPS) is 11.5. The first kappa shape index (κ1) is 154. The molecule has 15 nitrogen and oxygen atoms in total. The predicted molar refractivity (Wildman–Crippen MR) is 625 cm³/mol. The number of unbranched alkanes of at least 4 members (excludes halogenated alkanes) is 75. The van der Waals surface area contributed by atoms with E-state index in [1.165, 1.54) is 482 Å². The van der Waals surface area contributed by atoms with Crippen LogP contribution in [0.15, 0.2) is 0 Å². The van der Waals surface area contributed by atoms with Crippen molar-refractivity contribution >= 4 is 43.0 Å². The van der Waals surface area contributed by atoms with Crippen molar-refractivity contribution in [1.29, 1.82) is 0 Å². The smallest absolute Gasteiger partial charge is 0.312 e. The van der Waals surface area contributed by atoms with E-state index < -0.39 is 43.0 Å². The molecule has 0 aliphatic carbocycles. The molecule has 0 spiro atoms. The van der Waals surface area contributed by atoms with Crippen LogP contribution in [0.4, 0.5) is 0 Å². The zero-order valence-electron chi connectivity index (χ0n) is 98.0. The zero-order chi connectivity index (χ0) is 103. The van der Waals surface area contributed by atoms with Crippen LogP contribution in [-0.2, 0) is 85.2 Å². The Kier molecular flexibility index (Phi) is 164. The minimum atomic E-state index is -1.14. The van der Waals surface area contributed by atoms with Gasteiger partial charge >= 0.3 is 43.0 Å². The van der Waals surface area contributed by atoms with E-state index in [0.717, 1.165) is 195 Å². The molecule has 0 aliphatic rings. The van der Waals surface area contributed by atoms with Gasteiger partial charge in [-0.2, -0.15) is 0 Å². The van der Waals surface area contributed by atoms with Crippen molar-refractivity contribution in [3.8, 4) is 0 Å². The summed E-state index contributed by atoms with van der Waals surface area (Å²) in [7, 11) is -5.72. The van der Waals surface area contributed by atoms with Crippen molar-refractivity contribution < 1.29 is 85.2 Å². The quantitative estimate of drug-likeness (QED) is 0.0421. The summed E-state index contributed by atoms with van der Waals surface area (Å²) < 4.78 is 89.4. The largest absolute Gasteiger partial charge is 0.332 e. The van der Waals surface area contributed by atoms with E-state index in [4.69, 9.17) is 67.9 Å². The monoisotopic (exact) mass is 2140 g/mol. The fourth-order valence-corrected chi connectivity index (χ4v) is 21.2. The Morgan fingerprint density at radius 2 is 0.128 bits per heavy atom. The van der Waals surface area contributed by atoms with Crippen molar-refractivity contribution in [1.82, 2.24) is 0 Å². The van der Waals surface area contributed by atoms with Gasteiger partial charge in [0.25, 0.3) is 0 Å². The molecule has 0 rings (SSSR count). The fraction of sp³-hybridized carbons (Fsp3) is 1.00.